The number of halogens is 1. The van der Waals surface area contributed by atoms with Crippen molar-refractivity contribution in [2.24, 2.45) is 0 Å². The Balaban J connectivity index is 1.44. The fraction of sp³-hybridized carbons (Fsp3) is 0.0476. The van der Waals surface area contributed by atoms with Gasteiger partial charge in [0.2, 0.25) is 0 Å². The van der Waals surface area contributed by atoms with E-state index in [9.17, 15) is 9.18 Å². The summed E-state index contributed by atoms with van der Waals surface area (Å²) in [5.41, 5.74) is 3.27. The maximum Gasteiger partial charge on any atom is 0.255 e. The summed E-state index contributed by atoms with van der Waals surface area (Å²) >= 11 is 1.69. The molecular formula is C21H15FN2OS. The van der Waals surface area contributed by atoms with Crippen molar-refractivity contribution in [3.63, 3.8) is 0 Å². The van der Waals surface area contributed by atoms with Crippen LogP contribution in [-0.2, 0) is 6.42 Å². The van der Waals surface area contributed by atoms with Gasteiger partial charge in [-0.15, -0.1) is 11.3 Å². The van der Waals surface area contributed by atoms with Gasteiger partial charge in [0.25, 0.3) is 5.91 Å². The van der Waals surface area contributed by atoms with Crippen molar-refractivity contribution in [2.45, 2.75) is 6.42 Å². The third-order valence-corrected chi connectivity index (χ3v) is 5.05. The topological polar surface area (TPSA) is 42.0 Å². The molecule has 3 aromatic carbocycles. The van der Waals surface area contributed by atoms with Gasteiger partial charge in [0, 0.05) is 17.7 Å². The van der Waals surface area contributed by atoms with E-state index in [-0.39, 0.29) is 11.7 Å². The van der Waals surface area contributed by atoms with Gasteiger partial charge in [-0.05, 0) is 54.1 Å². The van der Waals surface area contributed by atoms with Gasteiger partial charge in [-0.3, -0.25) is 4.79 Å². The Kier molecular flexibility index (Phi) is 4.46. The van der Waals surface area contributed by atoms with Crippen LogP contribution in [0.5, 0.6) is 0 Å². The van der Waals surface area contributed by atoms with Crippen LogP contribution in [0.1, 0.15) is 20.9 Å². The number of hydrogen-bond donors (Lipinski definition) is 1. The van der Waals surface area contributed by atoms with E-state index in [0.717, 1.165) is 22.5 Å². The molecule has 0 aliphatic rings. The molecule has 1 aromatic heterocycles. The minimum atomic E-state index is -0.360. The highest BCUT2D eigenvalue weighted by Gasteiger charge is 2.07. The number of anilines is 1. The van der Waals surface area contributed by atoms with Crippen LogP contribution in [0.25, 0.3) is 10.2 Å². The minimum absolute atomic E-state index is 0.260. The SMILES string of the molecule is O=C(Nc1ccc(Cc2nc3ccccc3s2)cc1)c1ccc(F)cc1. The standard InChI is InChI=1S/C21H15FN2OS/c22-16-9-7-15(8-10-16)21(25)23-17-11-5-14(6-12-17)13-20-24-18-3-1-2-4-19(18)26-20/h1-12H,13H2,(H,23,25). The lowest BCUT2D eigenvalue weighted by Gasteiger charge is -2.06. The molecule has 128 valence electrons. The second-order valence-corrected chi connectivity index (χ2v) is 7.03. The third kappa shape index (κ3) is 3.63. The zero-order chi connectivity index (χ0) is 17.9. The number of aromatic nitrogens is 1. The fourth-order valence-electron chi connectivity index (χ4n) is 2.68. The predicted molar refractivity (Wildman–Crippen MR) is 103 cm³/mol. The van der Waals surface area contributed by atoms with Gasteiger partial charge in [-0.1, -0.05) is 24.3 Å². The average Bonchev–Trinajstić information content (AvgIpc) is 3.06. The number of nitrogens with zero attached hydrogens (tertiary/aromatic N) is 1. The first-order valence-corrected chi connectivity index (χ1v) is 8.99. The van der Waals surface area contributed by atoms with E-state index in [2.05, 4.69) is 16.4 Å². The number of benzene rings is 3. The number of carbonyl (C=O) groups is 1. The molecule has 1 amide bonds. The third-order valence-electron chi connectivity index (χ3n) is 4.01. The normalized spacial score (nSPS) is 10.8. The number of nitrogens with one attached hydrogen (secondary N) is 1. The smallest absolute Gasteiger partial charge is 0.255 e. The molecule has 3 nitrogen and oxygen atoms in total. The van der Waals surface area contributed by atoms with Crippen LogP contribution in [0.2, 0.25) is 0 Å². The quantitative estimate of drug-likeness (QED) is 0.537. The first kappa shape index (κ1) is 16.4. The van der Waals surface area contributed by atoms with E-state index in [4.69, 9.17) is 0 Å². The number of amides is 1. The molecule has 0 radical (unpaired) electrons. The Labute approximate surface area is 154 Å². The second-order valence-electron chi connectivity index (χ2n) is 5.91. The number of para-hydroxylation sites is 1. The van der Waals surface area contributed by atoms with Crippen LogP contribution in [0.4, 0.5) is 10.1 Å². The van der Waals surface area contributed by atoms with Gasteiger partial charge in [-0.2, -0.15) is 0 Å². The maximum absolute atomic E-state index is 12.9. The van der Waals surface area contributed by atoms with E-state index in [1.54, 1.807) is 11.3 Å². The monoisotopic (exact) mass is 362 g/mol. The summed E-state index contributed by atoms with van der Waals surface area (Å²) in [6.45, 7) is 0. The summed E-state index contributed by atoms with van der Waals surface area (Å²) < 4.78 is 14.1. The summed E-state index contributed by atoms with van der Waals surface area (Å²) in [4.78, 5) is 16.8. The molecule has 26 heavy (non-hydrogen) atoms. The molecule has 1 heterocycles. The van der Waals surface area contributed by atoms with Crippen LogP contribution >= 0.6 is 11.3 Å². The zero-order valence-corrected chi connectivity index (χ0v) is 14.6. The molecular weight excluding hydrogens is 347 g/mol. The molecule has 0 fully saturated rings. The molecule has 5 heteroatoms. The van der Waals surface area contributed by atoms with Gasteiger partial charge in [-0.25, -0.2) is 9.37 Å². The van der Waals surface area contributed by atoms with Crippen molar-refractivity contribution in [2.75, 3.05) is 5.32 Å². The number of thiazole rings is 1. The van der Waals surface area contributed by atoms with Gasteiger partial charge >= 0.3 is 0 Å². The predicted octanol–water partition coefficient (Wildman–Crippen LogP) is 5.28. The Morgan fingerprint density at radius 3 is 2.42 bits per heavy atom. The molecule has 0 unspecified atom stereocenters. The number of fused-ring (bicyclic) bond motifs is 1. The average molecular weight is 362 g/mol. The first-order chi connectivity index (χ1) is 12.7. The van der Waals surface area contributed by atoms with E-state index in [1.165, 1.54) is 29.0 Å². The molecule has 4 rings (SSSR count). The van der Waals surface area contributed by atoms with Gasteiger partial charge in [0.15, 0.2) is 0 Å². The summed E-state index contributed by atoms with van der Waals surface area (Å²) in [5, 5.41) is 3.88. The minimum Gasteiger partial charge on any atom is -0.322 e. The highest BCUT2D eigenvalue weighted by atomic mass is 32.1. The van der Waals surface area contributed by atoms with Gasteiger partial charge in [0.05, 0.1) is 15.2 Å². The lowest BCUT2D eigenvalue weighted by molar-refractivity contribution is 0.102. The number of hydrogen-bond acceptors (Lipinski definition) is 3. The van der Waals surface area contributed by atoms with Crippen LogP contribution in [0.15, 0.2) is 72.8 Å². The van der Waals surface area contributed by atoms with Crippen molar-refractivity contribution >= 4 is 33.1 Å². The van der Waals surface area contributed by atoms with Crippen molar-refractivity contribution in [1.29, 1.82) is 0 Å². The molecule has 0 atom stereocenters. The number of rotatable bonds is 4. The fourth-order valence-corrected chi connectivity index (χ4v) is 3.68. The zero-order valence-electron chi connectivity index (χ0n) is 13.8. The summed E-state index contributed by atoms with van der Waals surface area (Å²) in [6.07, 6.45) is 0.755. The second kappa shape index (κ2) is 7.06. The molecule has 0 bridgehead atoms. The lowest BCUT2D eigenvalue weighted by atomic mass is 10.1. The van der Waals surface area contributed by atoms with E-state index >= 15 is 0 Å². The molecule has 0 saturated heterocycles. The highest BCUT2D eigenvalue weighted by molar-refractivity contribution is 7.18. The van der Waals surface area contributed by atoms with Crippen LogP contribution < -0.4 is 5.32 Å². The summed E-state index contributed by atoms with van der Waals surface area (Å²) in [5.74, 6) is -0.621. The Morgan fingerprint density at radius 2 is 1.69 bits per heavy atom. The number of carbonyl (C=O) groups excluding carboxylic acids is 1. The summed E-state index contributed by atoms with van der Waals surface area (Å²) in [7, 11) is 0. The summed E-state index contributed by atoms with van der Waals surface area (Å²) in [6, 6.07) is 21.3. The van der Waals surface area contributed by atoms with Crippen molar-refractivity contribution in [1.82, 2.24) is 4.98 Å². The highest BCUT2D eigenvalue weighted by Crippen LogP contribution is 2.24. The van der Waals surface area contributed by atoms with Gasteiger partial charge in [0.1, 0.15) is 5.82 Å². The van der Waals surface area contributed by atoms with Crippen molar-refractivity contribution in [3.05, 3.63) is 94.7 Å². The lowest BCUT2D eigenvalue weighted by Crippen LogP contribution is -2.11. The molecule has 0 aliphatic carbocycles. The van der Waals surface area contributed by atoms with Crippen molar-refractivity contribution < 1.29 is 9.18 Å². The molecule has 0 saturated carbocycles. The van der Waals surface area contributed by atoms with Crippen molar-refractivity contribution in [3.8, 4) is 0 Å². The van der Waals surface area contributed by atoms with Crippen LogP contribution in [0.3, 0.4) is 0 Å². The van der Waals surface area contributed by atoms with Crippen LogP contribution in [0, 0.1) is 5.82 Å². The molecule has 0 aliphatic heterocycles. The van der Waals surface area contributed by atoms with E-state index in [1.807, 2.05) is 42.5 Å². The Bertz CT molecular complexity index is 1020. The maximum atomic E-state index is 12.9. The first-order valence-electron chi connectivity index (χ1n) is 8.18. The Morgan fingerprint density at radius 1 is 0.962 bits per heavy atom. The molecule has 4 aromatic rings. The van der Waals surface area contributed by atoms with E-state index < -0.39 is 0 Å². The van der Waals surface area contributed by atoms with E-state index in [0.29, 0.717) is 11.3 Å². The largest absolute Gasteiger partial charge is 0.322 e. The molecule has 1 N–H and O–H groups in total. The van der Waals surface area contributed by atoms with Crippen LogP contribution in [-0.4, -0.2) is 10.9 Å². The van der Waals surface area contributed by atoms with Gasteiger partial charge < -0.3 is 5.32 Å². The Hall–Kier alpha value is -3.05. The molecule has 0 spiro atoms.